The molecule has 5 nitrogen and oxygen atoms in total. The Bertz CT molecular complexity index is 681. The van der Waals surface area contributed by atoms with Crippen molar-refractivity contribution >= 4 is 17.2 Å². The average molecular weight is 345 g/mol. The van der Waals surface area contributed by atoms with Crippen molar-refractivity contribution in [1.82, 2.24) is 15.3 Å². The Morgan fingerprint density at radius 2 is 2.21 bits per heavy atom. The molecule has 2 N–H and O–H groups in total. The van der Waals surface area contributed by atoms with E-state index in [2.05, 4.69) is 29.1 Å². The smallest absolute Gasteiger partial charge is 0.280 e. The summed E-state index contributed by atoms with van der Waals surface area (Å²) in [5, 5.41) is 15.2. The van der Waals surface area contributed by atoms with Crippen LogP contribution in [0.25, 0.3) is 0 Å². The van der Waals surface area contributed by atoms with E-state index in [0.717, 1.165) is 24.2 Å². The van der Waals surface area contributed by atoms with Crippen molar-refractivity contribution in [1.29, 1.82) is 0 Å². The van der Waals surface area contributed by atoms with E-state index in [-0.39, 0.29) is 24.0 Å². The minimum absolute atomic E-state index is 0.0257. The van der Waals surface area contributed by atoms with E-state index in [9.17, 15) is 9.90 Å². The van der Waals surface area contributed by atoms with Crippen molar-refractivity contribution < 1.29 is 9.90 Å². The first-order chi connectivity index (χ1) is 11.5. The molecule has 24 heavy (non-hydrogen) atoms. The van der Waals surface area contributed by atoms with Crippen molar-refractivity contribution in [2.24, 2.45) is 5.92 Å². The summed E-state index contributed by atoms with van der Waals surface area (Å²) in [6, 6.07) is 5.77. The summed E-state index contributed by atoms with van der Waals surface area (Å²) in [5.41, 5.74) is 1.90. The Kier molecular flexibility index (Phi) is 5.26. The Hall–Kier alpha value is -1.79. The number of hydrogen-bond acceptors (Lipinski definition) is 5. The summed E-state index contributed by atoms with van der Waals surface area (Å²) in [5.74, 6) is 0.471. The van der Waals surface area contributed by atoms with Gasteiger partial charge in [-0.2, -0.15) is 0 Å². The molecule has 0 bridgehead atoms. The Balaban J connectivity index is 1.69. The molecule has 0 aliphatic heterocycles. The Labute approximate surface area is 146 Å². The van der Waals surface area contributed by atoms with Gasteiger partial charge in [-0.15, -0.1) is 11.3 Å². The van der Waals surface area contributed by atoms with Gasteiger partial charge in [0, 0.05) is 29.7 Å². The number of aliphatic hydroxyl groups excluding tert-OH is 1. The lowest BCUT2D eigenvalue weighted by atomic mass is 9.76. The minimum Gasteiger partial charge on any atom is -0.393 e. The van der Waals surface area contributed by atoms with Gasteiger partial charge in [-0.05, 0) is 36.8 Å². The molecule has 2 heterocycles. The molecule has 1 aliphatic carbocycles. The Morgan fingerprint density at radius 1 is 1.42 bits per heavy atom. The highest BCUT2D eigenvalue weighted by Crippen LogP contribution is 2.32. The average Bonchev–Trinajstić information content (AvgIpc) is 3.02. The van der Waals surface area contributed by atoms with Crippen LogP contribution in [0.4, 0.5) is 0 Å². The van der Waals surface area contributed by atoms with E-state index < -0.39 is 0 Å². The second-order valence-corrected chi connectivity index (χ2v) is 7.58. The molecule has 0 unspecified atom stereocenters. The van der Waals surface area contributed by atoms with E-state index >= 15 is 0 Å². The first kappa shape index (κ1) is 17.0. The number of nitrogens with zero attached hydrogens (tertiary/aromatic N) is 2. The summed E-state index contributed by atoms with van der Waals surface area (Å²) >= 11 is 1.38. The molecule has 2 aromatic heterocycles. The van der Waals surface area contributed by atoms with Gasteiger partial charge in [0.25, 0.3) is 5.91 Å². The second-order valence-electron chi connectivity index (χ2n) is 6.72. The lowest BCUT2D eigenvalue weighted by molar-refractivity contribution is 0.0238. The number of carbonyl (C=O) groups excluding carboxylic acids is 1. The second kappa shape index (κ2) is 7.40. The first-order valence-corrected chi connectivity index (χ1v) is 9.25. The maximum atomic E-state index is 12.6. The highest BCUT2D eigenvalue weighted by atomic mass is 32.1. The largest absolute Gasteiger partial charge is 0.393 e. The summed E-state index contributed by atoms with van der Waals surface area (Å²) < 4.78 is 0. The van der Waals surface area contributed by atoms with Crippen molar-refractivity contribution in [3.05, 3.63) is 46.2 Å². The van der Waals surface area contributed by atoms with Crippen LogP contribution in [0.1, 0.15) is 53.8 Å². The highest BCUT2D eigenvalue weighted by molar-refractivity contribution is 7.11. The lowest BCUT2D eigenvalue weighted by Crippen LogP contribution is -2.48. The third-order valence-corrected chi connectivity index (χ3v) is 5.36. The molecular formula is C18H23N3O2S. The van der Waals surface area contributed by atoms with Gasteiger partial charge < -0.3 is 10.4 Å². The Morgan fingerprint density at radius 3 is 2.79 bits per heavy atom. The highest BCUT2D eigenvalue weighted by Gasteiger charge is 2.35. The molecule has 1 saturated carbocycles. The summed E-state index contributed by atoms with van der Waals surface area (Å²) in [7, 11) is 0. The molecule has 1 aliphatic rings. The van der Waals surface area contributed by atoms with E-state index in [0.29, 0.717) is 17.3 Å². The van der Waals surface area contributed by atoms with Crippen molar-refractivity contribution in [2.75, 3.05) is 0 Å². The number of thiazole rings is 1. The van der Waals surface area contributed by atoms with Crippen LogP contribution in [0.5, 0.6) is 0 Å². The number of carbonyl (C=O) groups is 1. The number of pyridine rings is 1. The van der Waals surface area contributed by atoms with Gasteiger partial charge in [-0.25, -0.2) is 4.98 Å². The van der Waals surface area contributed by atoms with Crippen molar-refractivity contribution in [3.63, 3.8) is 0 Å². The summed E-state index contributed by atoms with van der Waals surface area (Å²) in [4.78, 5) is 21.3. The summed E-state index contributed by atoms with van der Waals surface area (Å²) in [6.07, 6.45) is 3.65. The van der Waals surface area contributed by atoms with E-state index in [1.807, 2.05) is 23.6 Å². The van der Waals surface area contributed by atoms with Gasteiger partial charge in [0.1, 0.15) is 0 Å². The third kappa shape index (κ3) is 3.99. The van der Waals surface area contributed by atoms with Crippen LogP contribution in [0.3, 0.4) is 0 Å². The number of aliphatic hydroxyl groups is 1. The van der Waals surface area contributed by atoms with Gasteiger partial charge in [-0.1, -0.05) is 19.9 Å². The normalized spacial score (nSPS) is 21.3. The number of amides is 1. The molecule has 1 fully saturated rings. The van der Waals surface area contributed by atoms with Crippen molar-refractivity contribution in [2.45, 2.75) is 51.2 Å². The van der Waals surface area contributed by atoms with Gasteiger partial charge >= 0.3 is 0 Å². The van der Waals surface area contributed by atoms with Gasteiger partial charge in [0.15, 0.2) is 5.01 Å². The molecule has 0 aromatic carbocycles. The van der Waals surface area contributed by atoms with Gasteiger partial charge in [0.2, 0.25) is 0 Å². The molecule has 128 valence electrons. The fourth-order valence-corrected chi connectivity index (χ4v) is 3.81. The molecule has 3 rings (SSSR count). The van der Waals surface area contributed by atoms with Crippen molar-refractivity contribution in [3.8, 4) is 0 Å². The number of nitrogens with one attached hydrogen (secondary N) is 1. The van der Waals surface area contributed by atoms with E-state index in [1.165, 1.54) is 11.3 Å². The molecule has 2 aromatic rings. The van der Waals surface area contributed by atoms with E-state index in [4.69, 9.17) is 0 Å². The van der Waals surface area contributed by atoms with Crippen LogP contribution in [-0.2, 0) is 6.42 Å². The van der Waals surface area contributed by atoms with Crippen LogP contribution < -0.4 is 5.32 Å². The monoisotopic (exact) mass is 345 g/mol. The fraction of sp³-hybridized carbons (Fsp3) is 0.500. The molecule has 0 radical (unpaired) electrons. The molecule has 1 amide bonds. The topological polar surface area (TPSA) is 75.1 Å². The molecule has 1 atom stereocenters. The van der Waals surface area contributed by atoms with Gasteiger partial charge in [0.05, 0.1) is 11.8 Å². The minimum atomic E-state index is -0.245. The zero-order chi connectivity index (χ0) is 17.1. The molecular weight excluding hydrogens is 322 g/mol. The molecule has 0 saturated heterocycles. The van der Waals surface area contributed by atoms with Crippen LogP contribution >= 0.6 is 11.3 Å². The van der Waals surface area contributed by atoms with Crippen LogP contribution in [-0.4, -0.2) is 33.1 Å². The van der Waals surface area contributed by atoms with Crippen LogP contribution in [0.15, 0.2) is 29.8 Å². The SMILES string of the molecule is CC(C)c1csc(C(=O)N[C@@H](Cc2ccccn2)C2CC(O)C2)n1. The predicted molar refractivity (Wildman–Crippen MR) is 94.1 cm³/mol. The number of aromatic nitrogens is 2. The zero-order valence-corrected chi connectivity index (χ0v) is 14.8. The third-order valence-electron chi connectivity index (χ3n) is 4.50. The lowest BCUT2D eigenvalue weighted by Gasteiger charge is -2.37. The van der Waals surface area contributed by atoms with E-state index in [1.54, 1.807) is 6.20 Å². The quantitative estimate of drug-likeness (QED) is 0.844. The first-order valence-electron chi connectivity index (χ1n) is 8.37. The fourth-order valence-electron chi connectivity index (χ4n) is 2.92. The number of hydrogen-bond donors (Lipinski definition) is 2. The maximum Gasteiger partial charge on any atom is 0.280 e. The maximum absolute atomic E-state index is 12.6. The predicted octanol–water partition coefficient (Wildman–Crippen LogP) is 2.77. The standard InChI is InChI=1S/C18H23N3O2S/c1-11(2)16-10-24-18(21-16)17(23)20-15(12-7-14(22)8-12)9-13-5-3-4-6-19-13/h3-6,10-12,14-15,22H,7-9H2,1-2H3,(H,20,23)/t12?,14?,15-/m0/s1. The molecule has 0 spiro atoms. The number of rotatable bonds is 6. The zero-order valence-electron chi connectivity index (χ0n) is 14.0. The van der Waals surface area contributed by atoms with Gasteiger partial charge in [-0.3, -0.25) is 9.78 Å². The summed E-state index contributed by atoms with van der Waals surface area (Å²) in [6.45, 7) is 4.13. The van der Waals surface area contributed by atoms with Crippen LogP contribution in [0, 0.1) is 5.92 Å². The molecule has 6 heteroatoms. The van der Waals surface area contributed by atoms with Crippen LogP contribution in [0.2, 0.25) is 0 Å².